The van der Waals surface area contributed by atoms with Crippen molar-refractivity contribution in [3.05, 3.63) is 29.3 Å². The van der Waals surface area contributed by atoms with Gasteiger partial charge in [0.15, 0.2) is 0 Å². The lowest BCUT2D eigenvalue weighted by Crippen LogP contribution is -2.37. The number of halogens is 1. The Bertz CT molecular complexity index is 419. The van der Waals surface area contributed by atoms with Crippen LogP contribution in [0.4, 0.5) is 0 Å². The molecule has 0 saturated heterocycles. The zero-order chi connectivity index (χ0) is 14.4. The third kappa shape index (κ3) is 4.65. The monoisotopic (exact) mass is 297 g/mol. The molecule has 1 unspecified atom stereocenters. The molecule has 3 nitrogen and oxygen atoms in total. The van der Waals surface area contributed by atoms with Crippen LogP contribution in [0.2, 0.25) is 5.02 Å². The van der Waals surface area contributed by atoms with Gasteiger partial charge in [-0.2, -0.15) is 0 Å². The smallest absolute Gasteiger partial charge is 0.138 e. The minimum absolute atomic E-state index is 0.257. The predicted molar refractivity (Wildman–Crippen MR) is 82.4 cm³/mol. The number of aliphatic hydroxyl groups is 1. The Balaban J connectivity index is 1.65. The lowest BCUT2D eigenvalue weighted by atomic mass is 9.89. The second-order valence-corrected chi connectivity index (χ2v) is 6.45. The topological polar surface area (TPSA) is 41.5 Å². The SMILES string of the molecule is CC1(CNCC(O)COc2ccccc2Cl)CCCC1. The van der Waals surface area contributed by atoms with E-state index in [1.807, 2.05) is 18.2 Å². The zero-order valence-corrected chi connectivity index (χ0v) is 12.8. The second-order valence-electron chi connectivity index (χ2n) is 6.04. The molecule has 20 heavy (non-hydrogen) atoms. The Morgan fingerprint density at radius 1 is 1.35 bits per heavy atom. The van der Waals surface area contributed by atoms with Crippen molar-refractivity contribution in [2.75, 3.05) is 19.7 Å². The van der Waals surface area contributed by atoms with E-state index < -0.39 is 6.10 Å². The molecule has 1 aromatic rings. The van der Waals surface area contributed by atoms with Crippen LogP contribution in [0.5, 0.6) is 5.75 Å². The quantitative estimate of drug-likeness (QED) is 0.812. The fourth-order valence-electron chi connectivity index (χ4n) is 2.75. The fourth-order valence-corrected chi connectivity index (χ4v) is 2.94. The molecule has 1 fully saturated rings. The molecule has 1 aliphatic carbocycles. The highest BCUT2D eigenvalue weighted by atomic mass is 35.5. The maximum atomic E-state index is 9.93. The molecule has 0 bridgehead atoms. The van der Waals surface area contributed by atoms with Gasteiger partial charge in [0.25, 0.3) is 0 Å². The summed E-state index contributed by atoms with van der Waals surface area (Å²) in [5.41, 5.74) is 0.406. The maximum Gasteiger partial charge on any atom is 0.138 e. The molecule has 2 rings (SSSR count). The van der Waals surface area contributed by atoms with E-state index in [2.05, 4.69) is 12.2 Å². The van der Waals surface area contributed by atoms with Crippen molar-refractivity contribution in [3.8, 4) is 5.75 Å². The molecule has 2 N–H and O–H groups in total. The van der Waals surface area contributed by atoms with Gasteiger partial charge in [0, 0.05) is 13.1 Å². The second kappa shape index (κ2) is 7.30. The Kier molecular flexibility index (Phi) is 5.70. The van der Waals surface area contributed by atoms with Crippen molar-refractivity contribution in [3.63, 3.8) is 0 Å². The van der Waals surface area contributed by atoms with Gasteiger partial charge in [-0.25, -0.2) is 0 Å². The third-order valence-corrected chi connectivity index (χ3v) is 4.32. The molecule has 112 valence electrons. The number of hydrogen-bond donors (Lipinski definition) is 2. The van der Waals surface area contributed by atoms with Crippen LogP contribution in [-0.4, -0.2) is 30.9 Å². The van der Waals surface area contributed by atoms with E-state index in [4.69, 9.17) is 16.3 Å². The van der Waals surface area contributed by atoms with Crippen LogP contribution >= 0.6 is 11.6 Å². The lowest BCUT2D eigenvalue weighted by Gasteiger charge is -2.24. The van der Waals surface area contributed by atoms with Crippen LogP contribution in [0.25, 0.3) is 0 Å². The first-order valence-electron chi connectivity index (χ1n) is 7.35. The molecule has 0 heterocycles. The molecule has 0 amide bonds. The summed E-state index contributed by atoms with van der Waals surface area (Å²) < 4.78 is 5.52. The summed E-state index contributed by atoms with van der Waals surface area (Å²) in [5.74, 6) is 0.621. The van der Waals surface area contributed by atoms with E-state index >= 15 is 0 Å². The first-order valence-corrected chi connectivity index (χ1v) is 7.73. The van der Waals surface area contributed by atoms with Crippen LogP contribution in [0.3, 0.4) is 0 Å². The summed E-state index contributed by atoms with van der Waals surface area (Å²) in [6.07, 6.45) is 4.71. The van der Waals surface area contributed by atoms with Crippen molar-refractivity contribution in [2.24, 2.45) is 5.41 Å². The standard InChI is InChI=1S/C16H24ClNO2/c1-16(8-4-5-9-16)12-18-10-13(19)11-20-15-7-3-2-6-14(15)17/h2-3,6-7,13,18-19H,4-5,8-12H2,1H3. The number of rotatable bonds is 7. The number of para-hydroxylation sites is 1. The van der Waals surface area contributed by atoms with Crippen molar-refractivity contribution >= 4 is 11.6 Å². The fraction of sp³-hybridized carbons (Fsp3) is 0.625. The Morgan fingerprint density at radius 3 is 2.75 bits per heavy atom. The highest BCUT2D eigenvalue weighted by Crippen LogP contribution is 2.36. The molecule has 0 aliphatic heterocycles. The summed E-state index contributed by atoms with van der Waals surface area (Å²) >= 11 is 5.99. The van der Waals surface area contributed by atoms with Gasteiger partial charge in [-0.15, -0.1) is 0 Å². The lowest BCUT2D eigenvalue weighted by molar-refractivity contribution is 0.103. The summed E-state index contributed by atoms with van der Waals surface area (Å²) in [5, 5.41) is 13.9. The van der Waals surface area contributed by atoms with Gasteiger partial charge in [0.1, 0.15) is 18.5 Å². The van der Waals surface area contributed by atoms with Crippen molar-refractivity contribution in [2.45, 2.75) is 38.7 Å². The Labute approximate surface area is 126 Å². The number of benzene rings is 1. The van der Waals surface area contributed by atoms with E-state index in [9.17, 15) is 5.11 Å². The largest absolute Gasteiger partial charge is 0.489 e. The predicted octanol–water partition coefficient (Wildman–Crippen LogP) is 3.25. The molecular formula is C16H24ClNO2. The van der Waals surface area contributed by atoms with E-state index in [1.165, 1.54) is 25.7 Å². The van der Waals surface area contributed by atoms with E-state index in [-0.39, 0.29) is 6.61 Å². The van der Waals surface area contributed by atoms with Crippen LogP contribution in [0.15, 0.2) is 24.3 Å². The summed E-state index contributed by atoms with van der Waals surface area (Å²) in [6, 6.07) is 7.31. The normalized spacial score (nSPS) is 18.9. The van der Waals surface area contributed by atoms with Crippen LogP contribution in [0, 0.1) is 5.41 Å². The Morgan fingerprint density at radius 2 is 2.05 bits per heavy atom. The van der Waals surface area contributed by atoms with Crippen molar-refractivity contribution in [1.29, 1.82) is 0 Å². The summed E-state index contributed by atoms with van der Waals surface area (Å²) in [7, 11) is 0. The molecule has 4 heteroatoms. The molecule has 1 aromatic carbocycles. The highest BCUT2D eigenvalue weighted by molar-refractivity contribution is 6.32. The first kappa shape index (κ1) is 15.6. The molecule has 0 radical (unpaired) electrons. The third-order valence-electron chi connectivity index (χ3n) is 4.01. The molecule has 0 aromatic heterocycles. The van der Waals surface area contributed by atoms with E-state index in [0.29, 0.717) is 22.7 Å². The van der Waals surface area contributed by atoms with Gasteiger partial charge in [-0.05, 0) is 30.4 Å². The molecule has 1 saturated carbocycles. The van der Waals surface area contributed by atoms with Crippen molar-refractivity contribution in [1.82, 2.24) is 5.32 Å². The average molecular weight is 298 g/mol. The van der Waals surface area contributed by atoms with Crippen LogP contribution < -0.4 is 10.1 Å². The minimum Gasteiger partial charge on any atom is -0.489 e. The number of ether oxygens (including phenoxy) is 1. The van der Waals surface area contributed by atoms with Gasteiger partial charge in [0.05, 0.1) is 5.02 Å². The van der Waals surface area contributed by atoms with Crippen LogP contribution in [0.1, 0.15) is 32.6 Å². The summed E-state index contributed by atoms with van der Waals surface area (Å²) in [4.78, 5) is 0. The molecule has 1 aliphatic rings. The minimum atomic E-state index is -0.517. The van der Waals surface area contributed by atoms with Crippen molar-refractivity contribution < 1.29 is 9.84 Å². The number of nitrogens with one attached hydrogen (secondary N) is 1. The number of hydrogen-bond acceptors (Lipinski definition) is 3. The van der Waals surface area contributed by atoms with E-state index in [0.717, 1.165) is 6.54 Å². The highest BCUT2D eigenvalue weighted by Gasteiger charge is 2.28. The van der Waals surface area contributed by atoms with Gasteiger partial charge in [-0.1, -0.05) is 43.5 Å². The number of aliphatic hydroxyl groups excluding tert-OH is 1. The maximum absolute atomic E-state index is 9.93. The Hall–Kier alpha value is -0.770. The molecule has 0 spiro atoms. The zero-order valence-electron chi connectivity index (χ0n) is 12.1. The molecule has 1 atom stereocenters. The average Bonchev–Trinajstić information content (AvgIpc) is 2.85. The van der Waals surface area contributed by atoms with Gasteiger partial charge in [-0.3, -0.25) is 0 Å². The van der Waals surface area contributed by atoms with Gasteiger partial charge in [0.2, 0.25) is 0 Å². The van der Waals surface area contributed by atoms with E-state index in [1.54, 1.807) is 6.07 Å². The van der Waals surface area contributed by atoms with Gasteiger partial charge >= 0.3 is 0 Å². The van der Waals surface area contributed by atoms with Gasteiger partial charge < -0.3 is 15.2 Å². The van der Waals surface area contributed by atoms with Crippen LogP contribution in [-0.2, 0) is 0 Å². The molecular weight excluding hydrogens is 274 g/mol. The summed E-state index contributed by atoms with van der Waals surface area (Å²) in [6.45, 7) is 4.10. The first-order chi connectivity index (χ1) is 9.59.